The number of hydrogen-bond donors (Lipinski definition) is 1. The second-order valence-corrected chi connectivity index (χ2v) is 8.31. The van der Waals surface area contributed by atoms with Crippen LogP contribution in [0.3, 0.4) is 0 Å². The Morgan fingerprint density at radius 2 is 2.19 bits per heavy atom. The third-order valence-corrected chi connectivity index (χ3v) is 6.24. The number of esters is 1. The fourth-order valence-electron chi connectivity index (χ4n) is 3.61. The van der Waals surface area contributed by atoms with E-state index < -0.39 is 12.1 Å². The first-order chi connectivity index (χ1) is 12.8. The van der Waals surface area contributed by atoms with Gasteiger partial charge in [0.15, 0.2) is 11.9 Å². The number of H-pyrrole nitrogens is 1. The van der Waals surface area contributed by atoms with Gasteiger partial charge in [-0.2, -0.15) is 0 Å². The summed E-state index contributed by atoms with van der Waals surface area (Å²) < 4.78 is 10.5. The van der Waals surface area contributed by atoms with Crippen LogP contribution >= 0.6 is 11.3 Å². The van der Waals surface area contributed by atoms with E-state index >= 15 is 0 Å². The lowest BCUT2D eigenvalue weighted by atomic mass is 9.89. The minimum atomic E-state index is -0.693. The molecular weight excluding hydrogens is 366 g/mol. The quantitative estimate of drug-likeness (QED) is 0.689. The van der Waals surface area contributed by atoms with Gasteiger partial charge >= 0.3 is 5.97 Å². The Kier molecular flexibility index (Phi) is 4.38. The van der Waals surface area contributed by atoms with Crippen LogP contribution in [0.25, 0.3) is 10.2 Å². The van der Waals surface area contributed by atoms with Crippen LogP contribution < -0.4 is 5.56 Å². The Balaban J connectivity index is 1.66. The Morgan fingerprint density at radius 3 is 2.89 bits per heavy atom. The summed E-state index contributed by atoms with van der Waals surface area (Å²) in [7, 11) is 0. The van der Waals surface area contributed by atoms with Crippen molar-refractivity contribution < 1.29 is 14.1 Å². The van der Waals surface area contributed by atoms with E-state index in [9.17, 15) is 9.59 Å². The number of nitrogens with zero attached hydrogens (tertiary/aromatic N) is 2. The molecule has 1 N–H and O–H groups in total. The summed E-state index contributed by atoms with van der Waals surface area (Å²) in [6.07, 6.45) is 2.30. The number of aryl methyl sites for hydroxylation is 3. The third-order valence-electron chi connectivity index (χ3n) is 5.09. The molecule has 7 nitrogen and oxygen atoms in total. The molecule has 3 aromatic heterocycles. The van der Waals surface area contributed by atoms with E-state index in [2.05, 4.69) is 22.0 Å². The van der Waals surface area contributed by atoms with Gasteiger partial charge in [0.05, 0.1) is 11.1 Å². The Morgan fingerprint density at radius 1 is 1.41 bits per heavy atom. The maximum Gasteiger partial charge on any atom is 0.344 e. The van der Waals surface area contributed by atoms with Crippen molar-refractivity contribution in [3.63, 3.8) is 0 Å². The van der Waals surface area contributed by atoms with Crippen LogP contribution in [-0.4, -0.2) is 21.1 Å². The number of aromatic amines is 1. The summed E-state index contributed by atoms with van der Waals surface area (Å²) in [4.78, 5) is 34.5. The molecule has 142 valence electrons. The predicted molar refractivity (Wildman–Crippen MR) is 101 cm³/mol. The lowest BCUT2D eigenvalue weighted by molar-refractivity contribution is 0.0317. The fraction of sp³-hybridized carbons (Fsp3) is 0.474. The van der Waals surface area contributed by atoms with E-state index in [1.165, 1.54) is 4.88 Å². The third kappa shape index (κ3) is 3.07. The van der Waals surface area contributed by atoms with Crippen LogP contribution in [0.5, 0.6) is 0 Å². The van der Waals surface area contributed by atoms with Gasteiger partial charge in [0.2, 0.25) is 0 Å². The van der Waals surface area contributed by atoms with E-state index in [0.29, 0.717) is 39.0 Å². The molecule has 1 aliphatic rings. The molecule has 3 aromatic rings. The lowest BCUT2D eigenvalue weighted by Gasteiger charge is -2.17. The number of carbonyl (C=O) groups is 1. The van der Waals surface area contributed by atoms with Crippen molar-refractivity contribution in [2.24, 2.45) is 5.92 Å². The number of rotatable bonds is 3. The number of ether oxygens (including phenoxy) is 1. The SMILES string of the molecule is Cc1noc(C)c1C(=O)O[C@@H](C)c1nc2sc3c(c2c(=O)[nH]1)CC[C@@H](C)C3. The van der Waals surface area contributed by atoms with Crippen LogP contribution in [-0.2, 0) is 17.6 Å². The van der Waals surface area contributed by atoms with Crippen LogP contribution in [0, 0.1) is 19.8 Å². The topological polar surface area (TPSA) is 98.1 Å². The van der Waals surface area contributed by atoms with Gasteiger partial charge in [0, 0.05) is 4.88 Å². The lowest BCUT2D eigenvalue weighted by Crippen LogP contribution is -2.18. The molecule has 0 aromatic carbocycles. The van der Waals surface area contributed by atoms with Crippen molar-refractivity contribution in [2.45, 2.75) is 53.1 Å². The summed E-state index contributed by atoms with van der Waals surface area (Å²) in [5, 5.41) is 4.46. The minimum Gasteiger partial charge on any atom is -0.451 e. The summed E-state index contributed by atoms with van der Waals surface area (Å²) in [6.45, 7) is 7.26. The number of thiophene rings is 1. The molecule has 0 spiro atoms. The van der Waals surface area contributed by atoms with Crippen molar-refractivity contribution in [3.8, 4) is 0 Å². The van der Waals surface area contributed by atoms with Crippen LogP contribution in [0.4, 0.5) is 0 Å². The molecule has 0 saturated heterocycles. The summed E-state index contributed by atoms with van der Waals surface area (Å²) in [5.41, 5.74) is 1.75. The van der Waals surface area contributed by atoms with Gasteiger partial charge in [-0.15, -0.1) is 11.3 Å². The summed E-state index contributed by atoms with van der Waals surface area (Å²) in [5.74, 6) is 0.834. The molecule has 3 heterocycles. The maximum absolute atomic E-state index is 12.7. The van der Waals surface area contributed by atoms with E-state index in [-0.39, 0.29) is 5.56 Å². The number of hydrogen-bond acceptors (Lipinski definition) is 7. The Labute approximate surface area is 159 Å². The first-order valence-corrected chi connectivity index (χ1v) is 9.85. The van der Waals surface area contributed by atoms with Gasteiger partial charge in [0.25, 0.3) is 5.56 Å². The molecule has 0 bridgehead atoms. The molecule has 0 aliphatic heterocycles. The first kappa shape index (κ1) is 17.9. The monoisotopic (exact) mass is 387 g/mol. The zero-order valence-corrected chi connectivity index (χ0v) is 16.5. The standard InChI is InChI=1S/C19H21N3O4S/c1-8-5-6-12-13(7-8)27-18-15(12)17(23)20-16(21-18)11(4)25-19(24)14-9(2)22-26-10(14)3/h8,11H,5-7H2,1-4H3,(H,20,21,23)/t8-,11+/m1/s1. The van der Waals surface area contributed by atoms with Gasteiger partial charge in [-0.1, -0.05) is 12.1 Å². The minimum absolute atomic E-state index is 0.165. The van der Waals surface area contributed by atoms with Crippen LogP contribution in [0.15, 0.2) is 9.32 Å². The molecule has 4 rings (SSSR count). The largest absolute Gasteiger partial charge is 0.451 e. The highest BCUT2D eigenvalue weighted by Gasteiger charge is 2.26. The second-order valence-electron chi connectivity index (χ2n) is 7.23. The van der Waals surface area contributed by atoms with E-state index in [1.54, 1.807) is 32.1 Å². The normalized spacial score (nSPS) is 17.7. The van der Waals surface area contributed by atoms with E-state index in [0.717, 1.165) is 24.8 Å². The van der Waals surface area contributed by atoms with Crippen molar-refractivity contribution in [2.75, 3.05) is 0 Å². The van der Waals surface area contributed by atoms with Gasteiger partial charge in [0.1, 0.15) is 16.2 Å². The molecule has 0 saturated carbocycles. The molecular formula is C19H21N3O4S. The highest BCUT2D eigenvalue weighted by atomic mass is 32.1. The maximum atomic E-state index is 12.7. The number of aromatic nitrogens is 3. The number of nitrogens with one attached hydrogen (secondary N) is 1. The number of carbonyl (C=O) groups excluding carboxylic acids is 1. The van der Waals surface area contributed by atoms with Gasteiger partial charge in [-0.3, -0.25) is 4.79 Å². The second kappa shape index (κ2) is 6.60. The average molecular weight is 387 g/mol. The van der Waals surface area contributed by atoms with Crippen molar-refractivity contribution in [1.29, 1.82) is 0 Å². The molecule has 0 unspecified atom stereocenters. The average Bonchev–Trinajstić information content (AvgIpc) is 3.13. The highest BCUT2D eigenvalue weighted by molar-refractivity contribution is 7.18. The Bertz CT molecular complexity index is 1070. The number of fused-ring (bicyclic) bond motifs is 3. The zero-order chi connectivity index (χ0) is 19.3. The first-order valence-electron chi connectivity index (χ1n) is 9.03. The van der Waals surface area contributed by atoms with Crippen molar-refractivity contribution in [1.82, 2.24) is 15.1 Å². The smallest absolute Gasteiger partial charge is 0.344 e. The molecule has 0 amide bonds. The van der Waals surface area contributed by atoms with Gasteiger partial charge < -0.3 is 14.2 Å². The highest BCUT2D eigenvalue weighted by Crippen LogP contribution is 2.36. The molecule has 0 fully saturated rings. The summed E-state index contributed by atoms with van der Waals surface area (Å²) in [6, 6.07) is 0. The molecule has 1 aliphatic carbocycles. The molecule has 27 heavy (non-hydrogen) atoms. The Hall–Kier alpha value is -2.48. The summed E-state index contributed by atoms with van der Waals surface area (Å²) >= 11 is 1.57. The van der Waals surface area contributed by atoms with Gasteiger partial charge in [-0.05, 0) is 51.5 Å². The predicted octanol–water partition coefficient (Wildman–Crippen LogP) is 3.63. The van der Waals surface area contributed by atoms with E-state index in [4.69, 9.17) is 9.26 Å². The van der Waals surface area contributed by atoms with Crippen molar-refractivity contribution in [3.05, 3.63) is 43.6 Å². The van der Waals surface area contributed by atoms with Crippen LogP contribution in [0.2, 0.25) is 0 Å². The molecule has 2 atom stereocenters. The van der Waals surface area contributed by atoms with E-state index in [1.807, 2.05) is 0 Å². The molecule has 8 heteroatoms. The fourth-order valence-corrected chi connectivity index (χ4v) is 5.00. The zero-order valence-electron chi connectivity index (χ0n) is 15.7. The molecule has 0 radical (unpaired) electrons. The van der Waals surface area contributed by atoms with Crippen molar-refractivity contribution >= 4 is 27.5 Å². The van der Waals surface area contributed by atoms with Crippen LogP contribution in [0.1, 0.15) is 64.4 Å². The van der Waals surface area contributed by atoms with Gasteiger partial charge in [-0.25, -0.2) is 9.78 Å².